The van der Waals surface area contributed by atoms with Gasteiger partial charge >= 0.3 is 0 Å². The van der Waals surface area contributed by atoms with Crippen molar-refractivity contribution in [3.05, 3.63) is 34.4 Å². The summed E-state index contributed by atoms with van der Waals surface area (Å²) < 4.78 is 0. The molecule has 44 valence electrons. The van der Waals surface area contributed by atoms with Crippen LogP contribution in [-0.4, -0.2) is 0 Å². The van der Waals surface area contributed by atoms with Crippen molar-refractivity contribution in [1.82, 2.24) is 0 Å². The molecule has 1 heterocycles. The second-order valence-corrected chi connectivity index (χ2v) is 2.97. The summed E-state index contributed by atoms with van der Waals surface area (Å²) in [5.41, 5.74) is 1.42. The summed E-state index contributed by atoms with van der Waals surface area (Å²) in [6.45, 7) is 0. The Bertz CT molecular complexity index is 232. The molecule has 2 rings (SSSR count). The molecule has 0 amide bonds. The molecule has 0 fully saturated rings. The van der Waals surface area contributed by atoms with Gasteiger partial charge in [0, 0.05) is 11.3 Å². The highest BCUT2D eigenvalue weighted by atomic mass is 32.1. The first-order valence-electron chi connectivity index (χ1n) is 2.93. The molecule has 0 nitrogen and oxygen atoms in total. The summed E-state index contributed by atoms with van der Waals surface area (Å²) in [6.07, 6.45) is 8.26. The predicted molar refractivity (Wildman–Crippen MR) is 40.3 cm³/mol. The quantitative estimate of drug-likeness (QED) is 0.511. The van der Waals surface area contributed by atoms with E-state index in [0.29, 0.717) is 0 Å². The third kappa shape index (κ3) is 0.815. The Morgan fingerprint density at radius 3 is 3.44 bits per heavy atom. The van der Waals surface area contributed by atoms with Gasteiger partial charge in [-0.25, -0.2) is 0 Å². The highest BCUT2D eigenvalue weighted by Crippen LogP contribution is 2.23. The Balaban J connectivity index is 2.53. The second-order valence-electron chi connectivity index (χ2n) is 2.02. The van der Waals surface area contributed by atoms with Crippen LogP contribution >= 0.6 is 11.3 Å². The molecule has 0 unspecified atom stereocenters. The van der Waals surface area contributed by atoms with Gasteiger partial charge in [-0.05, 0) is 29.5 Å². The van der Waals surface area contributed by atoms with E-state index in [1.807, 2.05) is 6.08 Å². The van der Waals surface area contributed by atoms with E-state index in [1.54, 1.807) is 11.3 Å². The van der Waals surface area contributed by atoms with Crippen LogP contribution in [0.3, 0.4) is 0 Å². The van der Waals surface area contributed by atoms with E-state index in [4.69, 9.17) is 0 Å². The van der Waals surface area contributed by atoms with Gasteiger partial charge in [0.25, 0.3) is 0 Å². The molecule has 1 aliphatic carbocycles. The maximum absolute atomic E-state index is 3.15. The molecule has 1 aliphatic rings. The highest BCUT2D eigenvalue weighted by molar-refractivity contribution is 7.11. The summed E-state index contributed by atoms with van der Waals surface area (Å²) >= 11 is 1.80. The normalized spacial score (nSPS) is 15.6. The van der Waals surface area contributed by atoms with Gasteiger partial charge in [0.2, 0.25) is 0 Å². The SMILES string of the molecule is [C]1C=Cc2sccc2C1. The van der Waals surface area contributed by atoms with Crippen LogP contribution in [0.1, 0.15) is 10.4 Å². The van der Waals surface area contributed by atoms with Crippen molar-refractivity contribution in [2.45, 2.75) is 6.42 Å². The number of fused-ring (bicyclic) bond motifs is 1. The Morgan fingerprint density at radius 2 is 2.56 bits per heavy atom. The molecular weight excluding hydrogens is 128 g/mol. The van der Waals surface area contributed by atoms with Gasteiger partial charge in [-0.3, -0.25) is 0 Å². The van der Waals surface area contributed by atoms with Gasteiger partial charge in [-0.1, -0.05) is 6.08 Å². The van der Waals surface area contributed by atoms with E-state index in [1.165, 1.54) is 10.4 Å². The lowest BCUT2D eigenvalue weighted by molar-refractivity contribution is 1.20. The fraction of sp³-hybridized carbons (Fsp3) is 0.125. The van der Waals surface area contributed by atoms with Gasteiger partial charge < -0.3 is 0 Å². The average Bonchev–Trinajstić information content (AvgIpc) is 2.33. The molecule has 0 atom stereocenters. The maximum atomic E-state index is 3.15. The van der Waals surface area contributed by atoms with E-state index in [0.717, 1.165) is 6.42 Å². The largest absolute Gasteiger partial charge is 0.144 e. The number of rotatable bonds is 0. The van der Waals surface area contributed by atoms with E-state index < -0.39 is 0 Å². The van der Waals surface area contributed by atoms with Crippen LogP contribution in [0.2, 0.25) is 0 Å². The molecule has 0 aliphatic heterocycles. The number of allylic oxidation sites excluding steroid dienone is 1. The van der Waals surface area contributed by atoms with Gasteiger partial charge in [-0.2, -0.15) is 0 Å². The van der Waals surface area contributed by atoms with Crippen LogP contribution in [0.5, 0.6) is 0 Å². The zero-order chi connectivity index (χ0) is 6.10. The minimum absolute atomic E-state index is 0.995. The van der Waals surface area contributed by atoms with Gasteiger partial charge in [-0.15, -0.1) is 11.3 Å². The zero-order valence-corrected chi connectivity index (χ0v) is 5.74. The Morgan fingerprint density at radius 1 is 1.56 bits per heavy atom. The molecule has 2 radical (unpaired) electrons. The Kier molecular flexibility index (Phi) is 1.16. The smallest absolute Gasteiger partial charge is 0.0299 e. The lowest BCUT2D eigenvalue weighted by Crippen LogP contribution is -1.87. The van der Waals surface area contributed by atoms with Crippen LogP contribution < -0.4 is 0 Å². The molecule has 0 saturated carbocycles. The average molecular weight is 134 g/mol. The van der Waals surface area contributed by atoms with Gasteiger partial charge in [0.15, 0.2) is 0 Å². The van der Waals surface area contributed by atoms with Crippen LogP contribution in [0.4, 0.5) is 0 Å². The fourth-order valence-corrected chi connectivity index (χ4v) is 1.76. The summed E-state index contributed by atoms with van der Waals surface area (Å²) in [7, 11) is 0. The topological polar surface area (TPSA) is 0 Å². The molecule has 0 bridgehead atoms. The lowest BCUT2D eigenvalue weighted by Gasteiger charge is -2.00. The summed E-state index contributed by atoms with van der Waals surface area (Å²) in [5.74, 6) is 0. The van der Waals surface area contributed by atoms with Crippen molar-refractivity contribution in [3.8, 4) is 0 Å². The minimum atomic E-state index is 0.995. The maximum Gasteiger partial charge on any atom is 0.0299 e. The van der Waals surface area contributed by atoms with Crippen molar-refractivity contribution < 1.29 is 0 Å². The summed E-state index contributed by atoms with van der Waals surface area (Å²) in [4.78, 5) is 1.40. The fourth-order valence-electron chi connectivity index (χ4n) is 0.943. The van der Waals surface area contributed by atoms with Crippen molar-refractivity contribution in [1.29, 1.82) is 0 Å². The molecule has 0 spiro atoms. The first-order valence-corrected chi connectivity index (χ1v) is 3.81. The molecule has 1 heteroatoms. The van der Waals surface area contributed by atoms with Crippen LogP contribution in [0.25, 0.3) is 6.08 Å². The summed E-state index contributed by atoms with van der Waals surface area (Å²) in [6, 6.07) is 2.16. The Labute approximate surface area is 58.8 Å². The molecule has 0 saturated heterocycles. The molecular formula is C8H6S. The Hall–Kier alpha value is -0.560. The van der Waals surface area contributed by atoms with Crippen molar-refractivity contribution in [3.63, 3.8) is 0 Å². The second kappa shape index (κ2) is 1.99. The highest BCUT2D eigenvalue weighted by Gasteiger charge is 2.03. The standard InChI is InChI=1S/C8H6S/c1-2-4-8-7(3-1)5-6-9-8/h2,4-6H,3H2. The third-order valence-electron chi connectivity index (χ3n) is 1.43. The number of thiophene rings is 1. The molecule has 1 aromatic rings. The molecule has 0 N–H and O–H groups in total. The van der Waals surface area contributed by atoms with Crippen LogP contribution in [0.15, 0.2) is 17.5 Å². The van der Waals surface area contributed by atoms with E-state index >= 15 is 0 Å². The van der Waals surface area contributed by atoms with E-state index in [2.05, 4.69) is 23.9 Å². The third-order valence-corrected chi connectivity index (χ3v) is 2.35. The minimum Gasteiger partial charge on any atom is -0.144 e. The molecule has 1 aromatic heterocycles. The molecule has 0 aromatic carbocycles. The van der Waals surface area contributed by atoms with Crippen LogP contribution in [0, 0.1) is 6.42 Å². The first-order chi connectivity index (χ1) is 4.47. The van der Waals surface area contributed by atoms with Crippen LogP contribution in [-0.2, 0) is 6.42 Å². The molecule has 9 heavy (non-hydrogen) atoms. The van der Waals surface area contributed by atoms with Crippen molar-refractivity contribution >= 4 is 17.4 Å². The number of hydrogen-bond donors (Lipinski definition) is 0. The van der Waals surface area contributed by atoms with E-state index in [9.17, 15) is 0 Å². The monoisotopic (exact) mass is 134 g/mol. The van der Waals surface area contributed by atoms with E-state index in [-0.39, 0.29) is 0 Å². The van der Waals surface area contributed by atoms with Crippen molar-refractivity contribution in [2.24, 2.45) is 0 Å². The van der Waals surface area contributed by atoms with Gasteiger partial charge in [0.05, 0.1) is 0 Å². The number of hydrogen-bond acceptors (Lipinski definition) is 1. The van der Waals surface area contributed by atoms with Crippen molar-refractivity contribution in [2.75, 3.05) is 0 Å². The first kappa shape index (κ1) is 5.24. The zero-order valence-electron chi connectivity index (χ0n) is 4.92. The summed E-state index contributed by atoms with van der Waals surface area (Å²) in [5, 5.41) is 2.13. The predicted octanol–water partition coefficient (Wildman–Crippen LogP) is 2.40. The van der Waals surface area contributed by atoms with Gasteiger partial charge in [0.1, 0.15) is 0 Å². The lowest BCUT2D eigenvalue weighted by atomic mass is 10.1.